The molecule has 18 heavy (non-hydrogen) atoms. The van der Waals surface area contributed by atoms with Crippen molar-refractivity contribution in [2.75, 3.05) is 12.3 Å². The second kappa shape index (κ2) is 5.88. The maximum Gasteiger partial charge on any atom is 0.230 e. The van der Waals surface area contributed by atoms with E-state index in [4.69, 9.17) is 5.11 Å². The summed E-state index contributed by atoms with van der Waals surface area (Å²) in [5.41, 5.74) is 1.86. The van der Waals surface area contributed by atoms with Crippen LogP contribution in [0.25, 0.3) is 11.0 Å². The molecule has 0 aliphatic rings. The van der Waals surface area contributed by atoms with Crippen LogP contribution >= 0.6 is 11.8 Å². The van der Waals surface area contributed by atoms with Crippen molar-refractivity contribution in [1.29, 1.82) is 0 Å². The van der Waals surface area contributed by atoms with Crippen molar-refractivity contribution in [1.82, 2.24) is 15.3 Å². The predicted octanol–water partition coefficient (Wildman–Crippen LogP) is 1.15. The van der Waals surface area contributed by atoms with Gasteiger partial charge in [-0.3, -0.25) is 4.79 Å². The summed E-state index contributed by atoms with van der Waals surface area (Å²) in [5.74, 6) is 0.174. The average molecular weight is 265 g/mol. The molecule has 1 aromatic carbocycles. The first-order chi connectivity index (χ1) is 8.65. The fourth-order valence-electron chi connectivity index (χ4n) is 1.44. The van der Waals surface area contributed by atoms with Crippen LogP contribution < -0.4 is 5.32 Å². The SMILES string of the molecule is CC(O)CNC(=O)CSc1nc2ccccc2[nH]1. The van der Waals surface area contributed by atoms with Crippen molar-refractivity contribution in [3.8, 4) is 0 Å². The molecule has 96 valence electrons. The third kappa shape index (κ3) is 3.48. The molecular weight excluding hydrogens is 250 g/mol. The number of aliphatic hydroxyl groups is 1. The molecule has 1 heterocycles. The van der Waals surface area contributed by atoms with E-state index in [9.17, 15) is 4.79 Å². The molecule has 0 radical (unpaired) electrons. The third-order valence-corrected chi connectivity index (χ3v) is 3.18. The van der Waals surface area contributed by atoms with Gasteiger partial charge in [-0.2, -0.15) is 0 Å². The molecule has 0 saturated carbocycles. The van der Waals surface area contributed by atoms with Crippen LogP contribution in [0.4, 0.5) is 0 Å². The zero-order valence-electron chi connectivity index (χ0n) is 10.0. The number of H-pyrrole nitrogens is 1. The lowest BCUT2D eigenvalue weighted by molar-refractivity contribution is -0.118. The molecule has 0 fully saturated rings. The first kappa shape index (κ1) is 12.9. The van der Waals surface area contributed by atoms with Crippen LogP contribution in [0, 0.1) is 0 Å². The van der Waals surface area contributed by atoms with Gasteiger partial charge < -0.3 is 15.4 Å². The average Bonchev–Trinajstić information content (AvgIpc) is 2.76. The Bertz CT molecular complexity index is 506. The lowest BCUT2D eigenvalue weighted by Gasteiger charge is -2.05. The normalized spacial score (nSPS) is 12.6. The molecule has 5 nitrogen and oxygen atoms in total. The summed E-state index contributed by atoms with van der Waals surface area (Å²) in [6.07, 6.45) is -0.523. The minimum atomic E-state index is -0.523. The Kier molecular flexibility index (Phi) is 4.22. The van der Waals surface area contributed by atoms with Crippen LogP contribution in [0.2, 0.25) is 0 Å². The van der Waals surface area contributed by atoms with Gasteiger partial charge in [0.25, 0.3) is 0 Å². The number of aliphatic hydroxyl groups excluding tert-OH is 1. The molecule has 0 saturated heterocycles. The van der Waals surface area contributed by atoms with Crippen molar-refractivity contribution in [2.45, 2.75) is 18.2 Å². The van der Waals surface area contributed by atoms with Crippen LogP contribution in [0.5, 0.6) is 0 Å². The largest absolute Gasteiger partial charge is 0.392 e. The van der Waals surface area contributed by atoms with Crippen LogP contribution in [0.3, 0.4) is 0 Å². The number of aromatic amines is 1. The van der Waals surface area contributed by atoms with Gasteiger partial charge in [-0.25, -0.2) is 4.98 Å². The molecule has 1 aromatic heterocycles. The van der Waals surface area contributed by atoms with Crippen LogP contribution in [-0.2, 0) is 4.79 Å². The number of rotatable bonds is 5. The van der Waals surface area contributed by atoms with E-state index >= 15 is 0 Å². The predicted molar refractivity (Wildman–Crippen MR) is 71.5 cm³/mol. The summed E-state index contributed by atoms with van der Waals surface area (Å²) in [5, 5.41) is 12.4. The number of nitrogens with zero attached hydrogens (tertiary/aromatic N) is 1. The molecule has 2 aromatic rings. The van der Waals surface area contributed by atoms with Gasteiger partial charge in [0.2, 0.25) is 5.91 Å². The molecule has 1 amide bonds. The maximum atomic E-state index is 11.5. The van der Waals surface area contributed by atoms with Gasteiger partial charge in [0.05, 0.1) is 22.9 Å². The van der Waals surface area contributed by atoms with E-state index in [2.05, 4.69) is 15.3 Å². The van der Waals surface area contributed by atoms with E-state index in [-0.39, 0.29) is 18.2 Å². The van der Waals surface area contributed by atoms with Gasteiger partial charge in [-0.05, 0) is 19.1 Å². The second-order valence-corrected chi connectivity index (χ2v) is 4.96. The number of hydrogen-bond donors (Lipinski definition) is 3. The molecule has 1 atom stereocenters. The van der Waals surface area contributed by atoms with Gasteiger partial charge in [-0.15, -0.1) is 0 Å². The third-order valence-electron chi connectivity index (χ3n) is 2.30. The van der Waals surface area contributed by atoms with Crippen molar-refractivity contribution in [2.24, 2.45) is 0 Å². The summed E-state index contributed by atoms with van der Waals surface area (Å²) < 4.78 is 0. The Morgan fingerprint density at radius 1 is 1.56 bits per heavy atom. The number of fused-ring (bicyclic) bond motifs is 1. The van der Waals surface area contributed by atoms with Gasteiger partial charge in [0, 0.05) is 6.54 Å². The smallest absolute Gasteiger partial charge is 0.230 e. The Balaban J connectivity index is 1.88. The molecule has 2 rings (SSSR count). The zero-order valence-corrected chi connectivity index (χ0v) is 10.8. The first-order valence-corrected chi connectivity index (χ1v) is 6.66. The van der Waals surface area contributed by atoms with Crippen molar-refractivity contribution < 1.29 is 9.90 Å². The highest BCUT2D eigenvalue weighted by molar-refractivity contribution is 7.99. The number of aromatic nitrogens is 2. The van der Waals surface area contributed by atoms with Crippen LogP contribution in [0.15, 0.2) is 29.4 Å². The number of thioether (sulfide) groups is 1. The lowest BCUT2D eigenvalue weighted by Crippen LogP contribution is -2.31. The highest BCUT2D eigenvalue weighted by Gasteiger charge is 2.07. The van der Waals surface area contributed by atoms with E-state index in [1.54, 1.807) is 6.92 Å². The highest BCUT2D eigenvalue weighted by atomic mass is 32.2. The summed E-state index contributed by atoms with van der Waals surface area (Å²) >= 11 is 1.35. The number of carbonyl (C=O) groups excluding carboxylic acids is 1. The lowest BCUT2D eigenvalue weighted by atomic mass is 10.3. The van der Waals surface area contributed by atoms with Gasteiger partial charge in [0.15, 0.2) is 5.16 Å². The molecule has 6 heteroatoms. The van der Waals surface area contributed by atoms with E-state index in [1.807, 2.05) is 24.3 Å². The molecule has 0 aliphatic heterocycles. The quantitative estimate of drug-likeness (QED) is 0.709. The Morgan fingerprint density at radius 3 is 3.06 bits per heavy atom. The van der Waals surface area contributed by atoms with Gasteiger partial charge in [-0.1, -0.05) is 23.9 Å². The van der Waals surface area contributed by atoms with Crippen molar-refractivity contribution in [3.63, 3.8) is 0 Å². The maximum absolute atomic E-state index is 11.5. The number of imidazole rings is 1. The van der Waals surface area contributed by atoms with E-state index in [1.165, 1.54) is 11.8 Å². The number of amides is 1. The van der Waals surface area contributed by atoms with Crippen LogP contribution in [0.1, 0.15) is 6.92 Å². The number of benzene rings is 1. The summed E-state index contributed by atoms with van der Waals surface area (Å²) in [7, 11) is 0. The molecule has 0 aliphatic carbocycles. The summed E-state index contributed by atoms with van der Waals surface area (Å²) in [6, 6.07) is 7.72. The number of hydrogen-bond acceptors (Lipinski definition) is 4. The van der Waals surface area contributed by atoms with E-state index in [0.29, 0.717) is 0 Å². The standard InChI is InChI=1S/C12H15N3O2S/c1-8(16)6-13-11(17)7-18-12-14-9-4-2-3-5-10(9)15-12/h2-5,8,16H,6-7H2,1H3,(H,13,17)(H,14,15). The number of carbonyl (C=O) groups is 1. The first-order valence-electron chi connectivity index (χ1n) is 5.67. The fraction of sp³-hybridized carbons (Fsp3) is 0.333. The van der Waals surface area contributed by atoms with Gasteiger partial charge in [0.1, 0.15) is 0 Å². The Hall–Kier alpha value is -1.53. The topological polar surface area (TPSA) is 78.0 Å². The van der Waals surface area contributed by atoms with Crippen molar-refractivity contribution in [3.05, 3.63) is 24.3 Å². The molecule has 3 N–H and O–H groups in total. The fourth-order valence-corrected chi connectivity index (χ4v) is 2.16. The second-order valence-electron chi connectivity index (χ2n) is 4.00. The minimum absolute atomic E-state index is 0.110. The molecule has 0 spiro atoms. The summed E-state index contributed by atoms with van der Waals surface area (Å²) in [4.78, 5) is 18.9. The minimum Gasteiger partial charge on any atom is -0.392 e. The van der Waals surface area contributed by atoms with Crippen LogP contribution in [-0.4, -0.2) is 39.4 Å². The zero-order chi connectivity index (χ0) is 13.0. The molecule has 0 bridgehead atoms. The molecular formula is C12H15N3O2S. The van der Waals surface area contributed by atoms with E-state index < -0.39 is 6.10 Å². The van der Waals surface area contributed by atoms with E-state index in [0.717, 1.165) is 16.2 Å². The molecule has 1 unspecified atom stereocenters. The summed E-state index contributed by atoms with van der Waals surface area (Å²) in [6.45, 7) is 1.91. The Labute approximate surface area is 109 Å². The van der Waals surface area contributed by atoms with Crippen molar-refractivity contribution >= 4 is 28.7 Å². The monoisotopic (exact) mass is 265 g/mol. The highest BCUT2D eigenvalue weighted by Crippen LogP contribution is 2.18. The number of nitrogens with one attached hydrogen (secondary N) is 2. The van der Waals surface area contributed by atoms with Gasteiger partial charge >= 0.3 is 0 Å². The number of para-hydroxylation sites is 2. The Morgan fingerprint density at radius 2 is 2.33 bits per heavy atom.